The molecule has 2 rings (SSSR count). The standard InChI is InChI=1S/C13H20O/c1-4-10-9(2)8-11-12(14)6-5-7-13(10,11)3/h4,10-12,14H,1-2,5-8H2,3H3/t10-,11-,12-,13-/m1/s1. The van der Waals surface area contributed by atoms with Crippen molar-refractivity contribution in [2.45, 2.75) is 38.7 Å². The van der Waals surface area contributed by atoms with Gasteiger partial charge in [-0.1, -0.05) is 31.6 Å². The van der Waals surface area contributed by atoms with E-state index in [9.17, 15) is 5.11 Å². The van der Waals surface area contributed by atoms with E-state index >= 15 is 0 Å². The lowest BCUT2D eigenvalue weighted by atomic mass is 9.64. The van der Waals surface area contributed by atoms with Crippen LogP contribution in [0.15, 0.2) is 24.8 Å². The number of hydrogen-bond acceptors (Lipinski definition) is 1. The van der Waals surface area contributed by atoms with Crippen LogP contribution >= 0.6 is 0 Å². The first-order valence-corrected chi connectivity index (χ1v) is 5.58. The van der Waals surface area contributed by atoms with Crippen molar-refractivity contribution < 1.29 is 5.11 Å². The number of fused-ring (bicyclic) bond motifs is 1. The zero-order valence-electron chi connectivity index (χ0n) is 9.00. The van der Waals surface area contributed by atoms with E-state index in [2.05, 4.69) is 20.1 Å². The summed E-state index contributed by atoms with van der Waals surface area (Å²) in [6, 6.07) is 0. The van der Waals surface area contributed by atoms with Crippen molar-refractivity contribution in [2.75, 3.05) is 0 Å². The van der Waals surface area contributed by atoms with Crippen LogP contribution in [0.2, 0.25) is 0 Å². The third-order valence-electron chi connectivity index (χ3n) is 4.39. The van der Waals surface area contributed by atoms with Crippen LogP contribution in [0.3, 0.4) is 0 Å². The van der Waals surface area contributed by atoms with Crippen LogP contribution < -0.4 is 0 Å². The second-order valence-corrected chi connectivity index (χ2v) is 5.15. The molecule has 2 fully saturated rings. The SMILES string of the molecule is C=C[C@@H]1C(=C)C[C@@H]2[C@H](O)CCC[C@]12C. The molecule has 0 unspecified atom stereocenters. The van der Waals surface area contributed by atoms with Crippen molar-refractivity contribution in [3.63, 3.8) is 0 Å². The molecule has 0 spiro atoms. The van der Waals surface area contributed by atoms with Gasteiger partial charge in [-0.05, 0) is 30.6 Å². The molecule has 78 valence electrons. The van der Waals surface area contributed by atoms with Gasteiger partial charge in [0, 0.05) is 5.92 Å². The van der Waals surface area contributed by atoms with Gasteiger partial charge in [0.15, 0.2) is 0 Å². The van der Waals surface area contributed by atoms with Crippen molar-refractivity contribution in [3.05, 3.63) is 24.8 Å². The van der Waals surface area contributed by atoms with Gasteiger partial charge in [-0.2, -0.15) is 0 Å². The van der Waals surface area contributed by atoms with Gasteiger partial charge in [0.05, 0.1) is 6.10 Å². The highest BCUT2D eigenvalue weighted by Gasteiger charge is 2.51. The predicted molar refractivity (Wildman–Crippen MR) is 58.9 cm³/mol. The minimum absolute atomic E-state index is 0.115. The molecule has 1 N–H and O–H groups in total. The van der Waals surface area contributed by atoms with E-state index in [1.807, 2.05) is 6.08 Å². The largest absolute Gasteiger partial charge is 0.393 e. The maximum atomic E-state index is 10.0. The van der Waals surface area contributed by atoms with Crippen LogP contribution in [0.5, 0.6) is 0 Å². The summed E-state index contributed by atoms with van der Waals surface area (Å²) in [5, 5.41) is 10.0. The first kappa shape index (κ1) is 9.97. The first-order valence-electron chi connectivity index (χ1n) is 5.58. The van der Waals surface area contributed by atoms with E-state index in [0.29, 0.717) is 11.8 Å². The molecule has 0 amide bonds. The van der Waals surface area contributed by atoms with E-state index in [4.69, 9.17) is 0 Å². The van der Waals surface area contributed by atoms with Gasteiger partial charge in [-0.25, -0.2) is 0 Å². The van der Waals surface area contributed by atoms with Crippen LogP contribution in [0, 0.1) is 17.3 Å². The topological polar surface area (TPSA) is 20.2 Å². The Morgan fingerprint density at radius 1 is 1.57 bits per heavy atom. The monoisotopic (exact) mass is 192 g/mol. The van der Waals surface area contributed by atoms with Crippen LogP contribution in [-0.4, -0.2) is 11.2 Å². The Labute approximate surface area is 86.5 Å². The van der Waals surface area contributed by atoms with Crippen molar-refractivity contribution >= 4 is 0 Å². The zero-order chi connectivity index (χ0) is 10.3. The highest BCUT2D eigenvalue weighted by Crippen LogP contribution is 2.57. The minimum atomic E-state index is -0.115. The highest BCUT2D eigenvalue weighted by molar-refractivity contribution is 5.23. The van der Waals surface area contributed by atoms with Gasteiger partial charge in [-0.15, -0.1) is 6.58 Å². The van der Waals surface area contributed by atoms with Gasteiger partial charge in [0.25, 0.3) is 0 Å². The third-order valence-corrected chi connectivity index (χ3v) is 4.39. The van der Waals surface area contributed by atoms with Crippen molar-refractivity contribution in [2.24, 2.45) is 17.3 Å². The molecule has 2 saturated carbocycles. The van der Waals surface area contributed by atoms with Crippen LogP contribution in [0.4, 0.5) is 0 Å². The summed E-state index contributed by atoms with van der Waals surface area (Å²) in [5.74, 6) is 0.842. The fourth-order valence-electron chi connectivity index (χ4n) is 3.59. The molecule has 2 aliphatic rings. The average molecular weight is 192 g/mol. The fourth-order valence-corrected chi connectivity index (χ4v) is 3.59. The molecule has 0 aromatic rings. The Morgan fingerprint density at radius 3 is 2.93 bits per heavy atom. The molecule has 14 heavy (non-hydrogen) atoms. The molecule has 0 aliphatic heterocycles. The molecule has 0 bridgehead atoms. The Morgan fingerprint density at radius 2 is 2.29 bits per heavy atom. The summed E-state index contributed by atoms with van der Waals surface area (Å²) in [7, 11) is 0. The van der Waals surface area contributed by atoms with Crippen LogP contribution in [0.25, 0.3) is 0 Å². The second-order valence-electron chi connectivity index (χ2n) is 5.15. The second kappa shape index (κ2) is 3.23. The number of hydrogen-bond donors (Lipinski definition) is 1. The maximum absolute atomic E-state index is 10.0. The summed E-state index contributed by atoms with van der Waals surface area (Å²) in [6.07, 6.45) is 6.23. The first-order chi connectivity index (χ1) is 6.59. The van der Waals surface area contributed by atoms with Gasteiger partial charge >= 0.3 is 0 Å². The average Bonchev–Trinajstić information content (AvgIpc) is 2.38. The van der Waals surface area contributed by atoms with E-state index in [1.54, 1.807) is 0 Å². The summed E-state index contributed by atoms with van der Waals surface area (Å²) in [4.78, 5) is 0. The number of aliphatic hydroxyl groups is 1. The van der Waals surface area contributed by atoms with E-state index < -0.39 is 0 Å². The lowest BCUT2D eigenvalue weighted by molar-refractivity contribution is -0.00901. The number of allylic oxidation sites excluding steroid dienone is 2. The quantitative estimate of drug-likeness (QED) is 0.633. The summed E-state index contributed by atoms with van der Waals surface area (Å²) in [5.41, 5.74) is 1.50. The molecule has 0 aromatic carbocycles. The summed E-state index contributed by atoms with van der Waals surface area (Å²) in [6.45, 7) is 10.3. The smallest absolute Gasteiger partial charge is 0.0577 e. The fraction of sp³-hybridized carbons (Fsp3) is 0.692. The predicted octanol–water partition coefficient (Wildman–Crippen LogP) is 2.92. The Bertz CT molecular complexity index is 268. The van der Waals surface area contributed by atoms with Crippen molar-refractivity contribution in [3.8, 4) is 0 Å². The summed E-state index contributed by atoms with van der Waals surface area (Å²) >= 11 is 0. The van der Waals surface area contributed by atoms with E-state index in [1.165, 1.54) is 12.0 Å². The minimum Gasteiger partial charge on any atom is -0.393 e. The van der Waals surface area contributed by atoms with Crippen LogP contribution in [0.1, 0.15) is 32.6 Å². The lowest BCUT2D eigenvalue weighted by Gasteiger charge is -2.42. The Hall–Kier alpha value is -0.560. The Balaban J connectivity index is 2.33. The van der Waals surface area contributed by atoms with Crippen LogP contribution in [-0.2, 0) is 0 Å². The number of rotatable bonds is 1. The highest BCUT2D eigenvalue weighted by atomic mass is 16.3. The number of aliphatic hydroxyl groups excluding tert-OH is 1. The molecular weight excluding hydrogens is 172 g/mol. The molecule has 0 heterocycles. The Kier molecular flexibility index (Phi) is 2.30. The lowest BCUT2D eigenvalue weighted by Crippen LogP contribution is -2.39. The summed E-state index contributed by atoms with van der Waals surface area (Å²) < 4.78 is 0. The van der Waals surface area contributed by atoms with E-state index in [0.717, 1.165) is 19.3 Å². The van der Waals surface area contributed by atoms with Crippen molar-refractivity contribution in [1.29, 1.82) is 0 Å². The molecule has 2 aliphatic carbocycles. The molecular formula is C13H20O. The zero-order valence-corrected chi connectivity index (χ0v) is 9.00. The third kappa shape index (κ3) is 1.18. The molecule has 1 heteroatoms. The molecule has 4 atom stereocenters. The van der Waals surface area contributed by atoms with Gasteiger partial charge in [0.2, 0.25) is 0 Å². The van der Waals surface area contributed by atoms with Gasteiger partial charge < -0.3 is 5.11 Å². The molecule has 0 saturated heterocycles. The maximum Gasteiger partial charge on any atom is 0.0577 e. The molecule has 0 radical (unpaired) electrons. The molecule has 0 aromatic heterocycles. The van der Waals surface area contributed by atoms with Gasteiger partial charge in [0.1, 0.15) is 0 Å². The van der Waals surface area contributed by atoms with Crippen molar-refractivity contribution in [1.82, 2.24) is 0 Å². The van der Waals surface area contributed by atoms with Gasteiger partial charge in [-0.3, -0.25) is 0 Å². The molecule has 1 nitrogen and oxygen atoms in total. The normalized spacial score (nSPS) is 47.6. The van der Waals surface area contributed by atoms with E-state index in [-0.39, 0.29) is 11.5 Å².